The average Bonchev–Trinajstić information content (AvgIpc) is 2.83. The SMILES string of the molecule is CC(C(=O)NCC1(C)CCCS1)N1CCNCC1. The van der Waals surface area contributed by atoms with Crippen molar-refractivity contribution in [1.29, 1.82) is 0 Å². The highest BCUT2D eigenvalue weighted by atomic mass is 32.2. The predicted molar refractivity (Wildman–Crippen MR) is 77.0 cm³/mol. The second-order valence-corrected chi connectivity index (χ2v) is 7.26. The van der Waals surface area contributed by atoms with E-state index in [-0.39, 0.29) is 16.7 Å². The van der Waals surface area contributed by atoms with E-state index in [1.807, 2.05) is 18.7 Å². The minimum atomic E-state index is 0.00195. The summed E-state index contributed by atoms with van der Waals surface area (Å²) in [6.07, 6.45) is 2.50. The Morgan fingerprint density at radius 3 is 2.83 bits per heavy atom. The van der Waals surface area contributed by atoms with Crippen molar-refractivity contribution in [1.82, 2.24) is 15.5 Å². The number of hydrogen-bond acceptors (Lipinski definition) is 4. The molecule has 2 aliphatic rings. The summed E-state index contributed by atoms with van der Waals surface area (Å²) >= 11 is 2.00. The molecule has 0 spiro atoms. The van der Waals surface area contributed by atoms with Crippen LogP contribution in [0.2, 0.25) is 0 Å². The molecule has 2 fully saturated rings. The predicted octanol–water partition coefficient (Wildman–Crippen LogP) is 0.682. The lowest BCUT2D eigenvalue weighted by atomic mass is 10.1. The van der Waals surface area contributed by atoms with E-state index in [4.69, 9.17) is 0 Å². The first-order chi connectivity index (χ1) is 8.61. The summed E-state index contributed by atoms with van der Waals surface area (Å²) in [6, 6.07) is 0.00195. The van der Waals surface area contributed by atoms with Gasteiger partial charge in [0, 0.05) is 37.5 Å². The smallest absolute Gasteiger partial charge is 0.237 e. The van der Waals surface area contributed by atoms with Crippen LogP contribution in [0.15, 0.2) is 0 Å². The van der Waals surface area contributed by atoms with Crippen LogP contribution in [0.25, 0.3) is 0 Å². The molecule has 2 saturated heterocycles. The number of hydrogen-bond donors (Lipinski definition) is 2. The molecule has 4 nitrogen and oxygen atoms in total. The fraction of sp³-hybridized carbons (Fsp3) is 0.923. The fourth-order valence-corrected chi connectivity index (χ4v) is 3.88. The highest BCUT2D eigenvalue weighted by Gasteiger charge is 2.31. The largest absolute Gasteiger partial charge is 0.353 e. The molecule has 2 N–H and O–H groups in total. The third kappa shape index (κ3) is 3.62. The van der Waals surface area contributed by atoms with E-state index in [0.29, 0.717) is 0 Å². The summed E-state index contributed by atoms with van der Waals surface area (Å²) in [6.45, 7) is 9.02. The lowest BCUT2D eigenvalue weighted by Crippen LogP contribution is -2.53. The van der Waals surface area contributed by atoms with Gasteiger partial charge >= 0.3 is 0 Å². The van der Waals surface area contributed by atoms with Crippen molar-refractivity contribution >= 4 is 17.7 Å². The van der Waals surface area contributed by atoms with E-state index in [1.54, 1.807) is 0 Å². The van der Waals surface area contributed by atoms with Gasteiger partial charge in [-0.1, -0.05) is 0 Å². The summed E-state index contributed by atoms with van der Waals surface area (Å²) in [5.74, 6) is 1.42. The van der Waals surface area contributed by atoms with Crippen LogP contribution in [-0.2, 0) is 4.79 Å². The Labute approximate surface area is 114 Å². The quantitative estimate of drug-likeness (QED) is 0.789. The Hall–Kier alpha value is -0.260. The van der Waals surface area contributed by atoms with Gasteiger partial charge in [0.15, 0.2) is 0 Å². The van der Waals surface area contributed by atoms with E-state index >= 15 is 0 Å². The highest BCUT2D eigenvalue weighted by molar-refractivity contribution is 8.00. The van der Waals surface area contributed by atoms with Gasteiger partial charge in [-0.3, -0.25) is 9.69 Å². The number of nitrogens with zero attached hydrogens (tertiary/aromatic N) is 1. The Bertz CT molecular complexity index is 286. The number of nitrogens with one attached hydrogen (secondary N) is 2. The van der Waals surface area contributed by atoms with Gasteiger partial charge in [0.2, 0.25) is 5.91 Å². The molecule has 0 aromatic heterocycles. The van der Waals surface area contributed by atoms with Crippen molar-refractivity contribution in [2.45, 2.75) is 37.5 Å². The van der Waals surface area contributed by atoms with E-state index in [0.717, 1.165) is 32.7 Å². The monoisotopic (exact) mass is 271 g/mol. The van der Waals surface area contributed by atoms with E-state index in [9.17, 15) is 4.79 Å². The second kappa shape index (κ2) is 6.26. The Kier molecular flexibility index (Phi) is 4.92. The zero-order chi connectivity index (χ0) is 13.0. The Balaban J connectivity index is 1.76. The standard InChI is InChI=1S/C13H25N3OS/c1-11(16-7-5-14-6-8-16)12(17)15-10-13(2)4-3-9-18-13/h11,14H,3-10H2,1-2H3,(H,15,17). The third-order valence-corrected chi connectivity index (χ3v) is 5.55. The third-order valence-electron chi connectivity index (χ3n) is 4.02. The van der Waals surface area contributed by atoms with Crippen LogP contribution in [-0.4, -0.2) is 60.1 Å². The molecule has 2 aliphatic heterocycles. The number of carbonyl (C=O) groups is 1. The molecule has 2 rings (SSSR count). The lowest BCUT2D eigenvalue weighted by molar-refractivity contribution is -0.126. The van der Waals surface area contributed by atoms with Gasteiger partial charge in [-0.2, -0.15) is 11.8 Å². The van der Waals surface area contributed by atoms with Crippen molar-refractivity contribution < 1.29 is 4.79 Å². The molecule has 0 saturated carbocycles. The van der Waals surface area contributed by atoms with Crippen LogP contribution in [0.3, 0.4) is 0 Å². The summed E-state index contributed by atoms with van der Waals surface area (Å²) in [7, 11) is 0. The molecule has 2 unspecified atom stereocenters. The summed E-state index contributed by atoms with van der Waals surface area (Å²) in [5, 5.41) is 6.45. The first kappa shape index (κ1) is 14.2. The van der Waals surface area contributed by atoms with Crippen molar-refractivity contribution in [3.05, 3.63) is 0 Å². The maximum atomic E-state index is 12.2. The molecule has 2 atom stereocenters. The number of rotatable bonds is 4. The molecule has 0 bridgehead atoms. The van der Waals surface area contributed by atoms with Crippen LogP contribution >= 0.6 is 11.8 Å². The first-order valence-electron chi connectivity index (χ1n) is 6.97. The number of piperazine rings is 1. The van der Waals surface area contributed by atoms with Crippen LogP contribution < -0.4 is 10.6 Å². The zero-order valence-electron chi connectivity index (χ0n) is 11.5. The van der Waals surface area contributed by atoms with Gasteiger partial charge in [0.25, 0.3) is 0 Å². The maximum absolute atomic E-state index is 12.2. The lowest BCUT2D eigenvalue weighted by Gasteiger charge is -2.32. The molecule has 0 radical (unpaired) electrons. The molecular formula is C13H25N3OS. The molecule has 5 heteroatoms. The van der Waals surface area contributed by atoms with Gasteiger partial charge in [-0.05, 0) is 32.4 Å². The molecule has 2 heterocycles. The van der Waals surface area contributed by atoms with Gasteiger partial charge in [-0.15, -0.1) is 0 Å². The average molecular weight is 271 g/mol. The van der Waals surface area contributed by atoms with Crippen LogP contribution in [0.4, 0.5) is 0 Å². The van der Waals surface area contributed by atoms with Crippen molar-refractivity contribution in [3.8, 4) is 0 Å². The highest BCUT2D eigenvalue weighted by Crippen LogP contribution is 2.36. The topological polar surface area (TPSA) is 44.4 Å². The number of amides is 1. The zero-order valence-corrected chi connectivity index (χ0v) is 12.3. The number of thioether (sulfide) groups is 1. The molecule has 1 amide bonds. The normalized spacial score (nSPS) is 31.2. The molecule has 0 aliphatic carbocycles. The molecule has 18 heavy (non-hydrogen) atoms. The molecule has 0 aromatic carbocycles. The van der Waals surface area contributed by atoms with Gasteiger partial charge in [0.05, 0.1) is 6.04 Å². The van der Waals surface area contributed by atoms with Crippen molar-refractivity contribution in [3.63, 3.8) is 0 Å². The van der Waals surface area contributed by atoms with E-state index in [1.165, 1.54) is 18.6 Å². The van der Waals surface area contributed by atoms with Gasteiger partial charge in [-0.25, -0.2) is 0 Å². The minimum absolute atomic E-state index is 0.00195. The Morgan fingerprint density at radius 1 is 1.50 bits per heavy atom. The summed E-state index contributed by atoms with van der Waals surface area (Å²) in [5.41, 5.74) is 0. The van der Waals surface area contributed by atoms with E-state index < -0.39 is 0 Å². The Morgan fingerprint density at radius 2 is 2.22 bits per heavy atom. The summed E-state index contributed by atoms with van der Waals surface area (Å²) in [4.78, 5) is 14.4. The minimum Gasteiger partial charge on any atom is -0.353 e. The fourth-order valence-electron chi connectivity index (χ4n) is 2.63. The number of carbonyl (C=O) groups excluding carboxylic acids is 1. The van der Waals surface area contributed by atoms with Crippen LogP contribution in [0.5, 0.6) is 0 Å². The second-order valence-electron chi connectivity index (χ2n) is 5.58. The first-order valence-corrected chi connectivity index (χ1v) is 7.96. The maximum Gasteiger partial charge on any atom is 0.237 e. The summed E-state index contributed by atoms with van der Waals surface area (Å²) < 4.78 is 0.263. The van der Waals surface area contributed by atoms with Crippen molar-refractivity contribution in [2.75, 3.05) is 38.5 Å². The molecule has 0 aromatic rings. The van der Waals surface area contributed by atoms with Crippen LogP contribution in [0, 0.1) is 0 Å². The van der Waals surface area contributed by atoms with Crippen LogP contribution in [0.1, 0.15) is 26.7 Å². The molecule has 104 valence electrons. The van der Waals surface area contributed by atoms with Crippen molar-refractivity contribution in [2.24, 2.45) is 0 Å². The van der Waals surface area contributed by atoms with Gasteiger partial charge in [0.1, 0.15) is 0 Å². The van der Waals surface area contributed by atoms with Gasteiger partial charge < -0.3 is 10.6 Å². The van der Waals surface area contributed by atoms with E-state index in [2.05, 4.69) is 22.5 Å². The molecular weight excluding hydrogens is 246 g/mol.